The third-order valence-electron chi connectivity index (χ3n) is 16.6. The van der Waals surface area contributed by atoms with E-state index in [1.165, 1.54) is 46.9 Å². The summed E-state index contributed by atoms with van der Waals surface area (Å²) in [6.45, 7) is 12.5. The molecule has 25 nitrogen and oxygen atoms in total. The molecular weight excluding hydrogens is 1190 g/mol. The lowest BCUT2D eigenvalue weighted by molar-refractivity contribution is -0.128. The summed E-state index contributed by atoms with van der Waals surface area (Å²) in [6.07, 6.45) is 1.64. The van der Waals surface area contributed by atoms with Crippen molar-refractivity contribution in [1.29, 1.82) is 0 Å². The van der Waals surface area contributed by atoms with E-state index in [-0.39, 0.29) is 126 Å². The molecule has 8 amide bonds. The molecule has 27 heteroatoms. The van der Waals surface area contributed by atoms with Crippen molar-refractivity contribution < 1.29 is 77.3 Å². The van der Waals surface area contributed by atoms with E-state index < -0.39 is 72.6 Å². The number of carbonyl (C=O) groups excluding carboxylic acids is 7. The Balaban J connectivity index is 0.917. The second kappa shape index (κ2) is 30.1. The zero-order chi connectivity index (χ0) is 64.3. The van der Waals surface area contributed by atoms with Crippen LogP contribution in [-0.4, -0.2) is 174 Å². The lowest BCUT2D eigenvalue weighted by Crippen LogP contribution is -2.51. The SMILES string of the molecule is C=C1C[C@H]2C(O)N(C(=O)OCc3ccc(NC(=O)[C@H](CCCNC(N)=O)NC(=O)[C@@H](N)C(C)C)cc3)c3cc(OCCCCCOc4cc5c(cc4OC)C(=O)N4CC(C)(C)C[C@H]4C(O)N5C(=O)OCC4(SSCCO)CCCC4)c(OC)cc3C(=O)N2C1. The number of fused-ring (bicyclic) bond motifs is 4. The second-order valence-corrected chi connectivity index (χ2v) is 27.2. The number of nitrogens with two attached hydrogens (primary N) is 2. The zero-order valence-electron chi connectivity index (χ0n) is 51.4. The van der Waals surface area contributed by atoms with Gasteiger partial charge in [0.05, 0.1) is 79.4 Å². The third kappa shape index (κ3) is 16.2. The molecule has 8 rings (SSSR count). The van der Waals surface area contributed by atoms with Gasteiger partial charge in [-0.2, -0.15) is 0 Å². The fraction of sp³-hybridized carbons (Fsp3) is 0.565. The fourth-order valence-corrected chi connectivity index (χ4v) is 14.7. The van der Waals surface area contributed by atoms with Crippen molar-refractivity contribution in [1.82, 2.24) is 20.4 Å². The largest absolute Gasteiger partial charge is 0.493 e. The van der Waals surface area contributed by atoms with Crippen molar-refractivity contribution >= 4 is 80.5 Å². The van der Waals surface area contributed by atoms with Crippen molar-refractivity contribution in [2.24, 2.45) is 22.8 Å². The Labute approximate surface area is 526 Å². The number of amides is 8. The van der Waals surface area contributed by atoms with E-state index in [2.05, 4.69) is 22.5 Å². The molecule has 486 valence electrons. The normalized spacial score (nSPS) is 20.5. The number of primary amides is 1. The minimum atomic E-state index is -1.56. The first-order valence-corrected chi connectivity index (χ1v) is 32.5. The maximum absolute atomic E-state index is 14.4. The maximum atomic E-state index is 14.4. The topological polar surface area (TPSA) is 337 Å². The van der Waals surface area contributed by atoms with Gasteiger partial charge in [0, 0.05) is 43.2 Å². The highest BCUT2D eigenvalue weighted by Gasteiger charge is 2.51. The van der Waals surface area contributed by atoms with E-state index in [1.807, 2.05) is 13.8 Å². The number of ether oxygens (including phenoxy) is 6. The van der Waals surface area contributed by atoms with Crippen LogP contribution in [0, 0.1) is 11.3 Å². The van der Waals surface area contributed by atoms with Gasteiger partial charge in [-0.3, -0.25) is 19.2 Å². The minimum Gasteiger partial charge on any atom is -0.493 e. The molecule has 3 fully saturated rings. The van der Waals surface area contributed by atoms with Crippen LogP contribution < -0.4 is 56.2 Å². The van der Waals surface area contributed by atoms with Crippen LogP contribution >= 0.6 is 21.6 Å². The Morgan fingerprint density at radius 3 is 1.94 bits per heavy atom. The molecule has 0 bridgehead atoms. The smallest absolute Gasteiger partial charge is 0.416 e. The van der Waals surface area contributed by atoms with Crippen molar-refractivity contribution in [2.45, 2.75) is 146 Å². The summed E-state index contributed by atoms with van der Waals surface area (Å²) in [5, 5.41) is 41.5. The molecule has 1 aliphatic carbocycles. The summed E-state index contributed by atoms with van der Waals surface area (Å²) in [5.74, 6) is -0.612. The number of hydrogen-bond acceptors (Lipinski definition) is 19. The summed E-state index contributed by atoms with van der Waals surface area (Å²) in [6, 6.07) is 8.31. The number of unbranched alkanes of at least 4 members (excludes halogenated alkanes) is 2. The van der Waals surface area contributed by atoms with E-state index in [0.717, 1.165) is 30.6 Å². The predicted molar refractivity (Wildman–Crippen MR) is 336 cm³/mol. The molecule has 6 atom stereocenters. The number of methoxy groups -OCH3 is 2. The first-order valence-electron chi connectivity index (χ1n) is 30.2. The van der Waals surface area contributed by atoms with Crippen LogP contribution in [-0.2, 0) is 25.7 Å². The molecule has 2 saturated heterocycles. The Morgan fingerprint density at radius 2 is 1.37 bits per heavy atom. The van der Waals surface area contributed by atoms with Gasteiger partial charge in [-0.25, -0.2) is 24.2 Å². The number of nitrogens with zero attached hydrogens (tertiary/aromatic N) is 4. The highest BCUT2D eigenvalue weighted by atomic mass is 33.1. The Bertz CT molecular complexity index is 3070. The highest BCUT2D eigenvalue weighted by Crippen LogP contribution is 2.49. The van der Waals surface area contributed by atoms with Crippen LogP contribution in [0.4, 0.5) is 31.4 Å². The fourth-order valence-electron chi connectivity index (χ4n) is 11.8. The maximum Gasteiger partial charge on any atom is 0.416 e. The molecule has 4 aliphatic heterocycles. The van der Waals surface area contributed by atoms with Gasteiger partial charge >= 0.3 is 18.2 Å². The van der Waals surface area contributed by atoms with Crippen LogP contribution in [0.3, 0.4) is 0 Å². The average molecular weight is 1280 g/mol. The third-order valence-corrected chi connectivity index (χ3v) is 19.9. The van der Waals surface area contributed by atoms with Gasteiger partial charge in [0.1, 0.15) is 19.3 Å². The molecule has 0 spiro atoms. The Morgan fingerprint density at radius 1 is 0.787 bits per heavy atom. The monoisotopic (exact) mass is 1280 g/mol. The Hall–Kier alpha value is -7.17. The number of hydrogen-bond donors (Lipinski definition) is 8. The lowest BCUT2D eigenvalue weighted by Gasteiger charge is -2.33. The van der Waals surface area contributed by atoms with Crippen LogP contribution in [0.2, 0.25) is 0 Å². The quantitative estimate of drug-likeness (QED) is 0.0225. The van der Waals surface area contributed by atoms with Crippen LogP contribution in [0.25, 0.3) is 0 Å². The molecular formula is C62H85N9O16S2. The van der Waals surface area contributed by atoms with Gasteiger partial charge in [-0.05, 0) is 98.9 Å². The van der Waals surface area contributed by atoms with E-state index >= 15 is 0 Å². The van der Waals surface area contributed by atoms with Gasteiger partial charge in [-0.15, -0.1) is 0 Å². The van der Waals surface area contributed by atoms with Gasteiger partial charge in [0.2, 0.25) is 11.8 Å². The minimum absolute atomic E-state index is 0.0289. The molecule has 4 heterocycles. The first kappa shape index (κ1) is 67.8. The van der Waals surface area contributed by atoms with Crippen LogP contribution in [0.1, 0.15) is 125 Å². The number of urea groups is 1. The first-order chi connectivity index (χ1) is 42.5. The average Bonchev–Trinajstić information content (AvgIpc) is 1.78. The summed E-state index contributed by atoms with van der Waals surface area (Å²) in [4.78, 5) is 100. The highest BCUT2D eigenvalue weighted by molar-refractivity contribution is 8.77. The Kier molecular flexibility index (Phi) is 22.9. The molecule has 0 aromatic heterocycles. The molecule has 2 unspecified atom stereocenters. The summed E-state index contributed by atoms with van der Waals surface area (Å²) in [5.41, 5.74) is 12.8. The standard InChI is InChI=1S/C62H85N9O16S2/c1-36(2)51(63)53(74)67-42(14-13-21-65-58(64)79)52(73)66-39-17-15-38(16-18-39)33-86-59(80)70-43-29-49(47(82-6)27-40(43)54(75)68-32-37(3)26-45(68)56(70)77)84-23-11-8-12-24-85-50-30-44-41(28-48(50)83-7)55(76)69-34-61(4,5)31-46(69)57(78)71(44)60(81)87-35-62(19-9-10-20-62)89-88-25-22-72/h15-18,27-30,36,42,45-46,51,56-57,72,77-78H,3,8-14,19-26,31-35,63H2,1-2,4-7H3,(H,66,73)(H,67,74)(H3,64,65,79)/t42-,45-,46-,51-,56?,57?/m0/s1. The van der Waals surface area contributed by atoms with E-state index in [1.54, 1.807) is 65.9 Å². The van der Waals surface area contributed by atoms with Crippen molar-refractivity contribution in [2.75, 3.05) is 81.2 Å². The summed E-state index contributed by atoms with van der Waals surface area (Å²) < 4.78 is 35.6. The number of benzene rings is 3. The lowest BCUT2D eigenvalue weighted by atomic mass is 9.90. The number of nitrogens with one attached hydrogen (secondary N) is 3. The van der Waals surface area contributed by atoms with E-state index in [9.17, 15) is 48.9 Å². The van der Waals surface area contributed by atoms with Crippen LogP contribution in [0.15, 0.2) is 60.7 Å². The molecule has 3 aromatic carbocycles. The molecule has 5 aliphatic rings. The number of aliphatic hydroxyl groups excluding tert-OH is 3. The molecule has 0 radical (unpaired) electrons. The molecule has 1 saturated carbocycles. The van der Waals surface area contributed by atoms with Gasteiger partial charge in [0.25, 0.3) is 11.8 Å². The molecule has 10 N–H and O–H groups in total. The molecule has 89 heavy (non-hydrogen) atoms. The number of carbonyl (C=O) groups is 7. The van der Waals surface area contributed by atoms with E-state index in [4.69, 9.17) is 39.9 Å². The van der Waals surface area contributed by atoms with Crippen LogP contribution in [0.5, 0.6) is 23.0 Å². The van der Waals surface area contributed by atoms with Crippen molar-refractivity contribution in [3.63, 3.8) is 0 Å². The summed E-state index contributed by atoms with van der Waals surface area (Å²) in [7, 11) is 6.03. The number of anilines is 3. The second-order valence-electron chi connectivity index (χ2n) is 24.3. The van der Waals surface area contributed by atoms with Gasteiger partial charge < -0.3 is 81.0 Å². The van der Waals surface area contributed by atoms with E-state index in [0.29, 0.717) is 61.2 Å². The predicted octanol–water partition coefficient (Wildman–Crippen LogP) is 6.64. The number of rotatable bonds is 27. The molecule has 3 aromatic rings. The summed E-state index contributed by atoms with van der Waals surface area (Å²) >= 11 is 0. The van der Waals surface area contributed by atoms with Gasteiger partial charge in [0.15, 0.2) is 35.5 Å². The van der Waals surface area contributed by atoms with Gasteiger partial charge in [-0.1, -0.05) is 86.4 Å². The van der Waals surface area contributed by atoms with Crippen molar-refractivity contribution in [3.8, 4) is 23.0 Å². The number of aliphatic hydroxyl groups is 3. The zero-order valence-corrected chi connectivity index (χ0v) is 53.1. The van der Waals surface area contributed by atoms with Crippen molar-refractivity contribution in [3.05, 3.63) is 77.4 Å².